The molecule has 0 atom stereocenters. The molecule has 1 rings (SSSR count). The van der Waals surface area contributed by atoms with E-state index in [1.165, 1.54) is 24.8 Å². The largest absolute Gasteiger partial charge is 0.392 e. The second-order valence-electron chi connectivity index (χ2n) is 4.42. The molecule has 0 saturated carbocycles. The van der Waals surface area contributed by atoms with Gasteiger partial charge in [-0.3, -0.25) is 0 Å². The van der Waals surface area contributed by atoms with Gasteiger partial charge < -0.3 is 10.0 Å². The molecule has 0 spiro atoms. The Morgan fingerprint density at radius 1 is 1.06 bits per heavy atom. The minimum Gasteiger partial charge on any atom is -0.392 e. The minimum atomic E-state index is 0.132. The summed E-state index contributed by atoms with van der Waals surface area (Å²) in [5.74, 6) is 0. The molecule has 0 bridgehead atoms. The van der Waals surface area contributed by atoms with Gasteiger partial charge >= 0.3 is 0 Å². The van der Waals surface area contributed by atoms with Crippen molar-refractivity contribution in [3.05, 3.63) is 35.4 Å². The Morgan fingerprint density at radius 3 is 2.25 bits per heavy atom. The Labute approximate surface area is 98.9 Å². The summed E-state index contributed by atoms with van der Waals surface area (Å²) in [4.78, 5) is 2.35. The van der Waals surface area contributed by atoms with Gasteiger partial charge in [0.25, 0.3) is 0 Å². The van der Waals surface area contributed by atoms with Crippen LogP contribution in [0.2, 0.25) is 0 Å². The quantitative estimate of drug-likeness (QED) is 0.716. The molecule has 2 heteroatoms. The first kappa shape index (κ1) is 13.2. The van der Waals surface area contributed by atoms with E-state index in [2.05, 4.69) is 31.0 Å². The zero-order chi connectivity index (χ0) is 11.8. The SMILES string of the molecule is CCCCCN(C)Cc1ccc(CO)cc1. The van der Waals surface area contributed by atoms with Gasteiger partial charge in [0, 0.05) is 6.54 Å². The van der Waals surface area contributed by atoms with Crippen molar-refractivity contribution >= 4 is 0 Å². The Hall–Kier alpha value is -0.860. The molecule has 16 heavy (non-hydrogen) atoms. The molecule has 0 heterocycles. The zero-order valence-electron chi connectivity index (χ0n) is 10.4. The van der Waals surface area contributed by atoms with E-state index >= 15 is 0 Å². The summed E-state index contributed by atoms with van der Waals surface area (Å²) in [6.45, 7) is 4.52. The van der Waals surface area contributed by atoms with Crippen molar-refractivity contribution in [2.45, 2.75) is 39.3 Å². The number of rotatable bonds is 7. The fraction of sp³-hybridized carbons (Fsp3) is 0.571. The maximum atomic E-state index is 8.94. The third-order valence-corrected chi connectivity index (χ3v) is 2.80. The van der Waals surface area contributed by atoms with Crippen LogP contribution in [0.25, 0.3) is 0 Å². The molecule has 90 valence electrons. The van der Waals surface area contributed by atoms with Crippen LogP contribution in [0.5, 0.6) is 0 Å². The molecule has 0 amide bonds. The molecular weight excluding hydrogens is 198 g/mol. The van der Waals surface area contributed by atoms with Crippen LogP contribution >= 0.6 is 0 Å². The highest BCUT2D eigenvalue weighted by atomic mass is 16.3. The van der Waals surface area contributed by atoms with Gasteiger partial charge in [0.05, 0.1) is 6.61 Å². The third-order valence-electron chi connectivity index (χ3n) is 2.80. The molecule has 0 aromatic heterocycles. The van der Waals surface area contributed by atoms with Crippen molar-refractivity contribution in [1.82, 2.24) is 4.90 Å². The molecule has 0 saturated heterocycles. The van der Waals surface area contributed by atoms with Gasteiger partial charge in [0.15, 0.2) is 0 Å². The van der Waals surface area contributed by atoms with Gasteiger partial charge in [0.2, 0.25) is 0 Å². The van der Waals surface area contributed by atoms with Crippen molar-refractivity contribution in [3.8, 4) is 0 Å². The molecule has 0 radical (unpaired) electrons. The smallest absolute Gasteiger partial charge is 0.0681 e. The first-order valence-electron chi connectivity index (χ1n) is 6.13. The highest BCUT2D eigenvalue weighted by Gasteiger charge is 2.00. The van der Waals surface area contributed by atoms with Gasteiger partial charge in [-0.2, -0.15) is 0 Å². The Kier molecular flexibility index (Phi) is 6.12. The average Bonchev–Trinajstić information content (AvgIpc) is 2.30. The van der Waals surface area contributed by atoms with E-state index in [4.69, 9.17) is 5.11 Å². The standard InChI is InChI=1S/C14H23NO/c1-3-4-5-10-15(2)11-13-6-8-14(12-16)9-7-13/h6-9,16H,3-5,10-12H2,1-2H3. The van der Waals surface area contributed by atoms with Crippen LogP contribution in [-0.2, 0) is 13.2 Å². The van der Waals surface area contributed by atoms with Crippen molar-refractivity contribution in [2.24, 2.45) is 0 Å². The Bertz CT molecular complexity index is 281. The number of aliphatic hydroxyl groups excluding tert-OH is 1. The fourth-order valence-electron chi connectivity index (χ4n) is 1.77. The predicted molar refractivity (Wildman–Crippen MR) is 68.2 cm³/mol. The van der Waals surface area contributed by atoms with Crippen molar-refractivity contribution in [3.63, 3.8) is 0 Å². The summed E-state index contributed by atoms with van der Waals surface area (Å²) in [6, 6.07) is 8.19. The predicted octanol–water partition coefficient (Wildman–Crippen LogP) is 2.80. The van der Waals surface area contributed by atoms with Gasteiger partial charge in [-0.25, -0.2) is 0 Å². The van der Waals surface area contributed by atoms with Crippen LogP contribution in [0.3, 0.4) is 0 Å². The van der Waals surface area contributed by atoms with Crippen LogP contribution in [0.1, 0.15) is 37.3 Å². The van der Waals surface area contributed by atoms with E-state index in [0.29, 0.717) is 0 Å². The maximum Gasteiger partial charge on any atom is 0.0681 e. The topological polar surface area (TPSA) is 23.5 Å². The van der Waals surface area contributed by atoms with Crippen LogP contribution in [0.15, 0.2) is 24.3 Å². The summed E-state index contributed by atoms with van der Waals surface area (Å²) in [5.41, 5.74) is 2.30. The van der Waals surface area contributed by atoms with Gasteiger partial charge in [-0.15, -0.1) is 0 Å². The van der Waals surface area contributed by atoms with Gasteiger partial charge in [0.1, 0.15) is 0 Å². The molecule has 1 N–H and O–H groups in total. The summed E-state index contributed by atoms with van der Waals surface area (Å²) in [7, 11) is 2.16. The number of unbranched alkanes of at least 4 members (excludes halogenated alkanes) is 2. The summed E-state index contributed by atoms with van der Waals surface area (Å²) in [6.07, 6.45) is 3.87. The van der Waals surface area contributed by atoms with Crippen molar-refractivity contribution in [2.75, 3.05) is 13.6 Å². The van der Waals surface area contributed by atoms with Crippen LogP contribution in [0, 0.1) is 0 Å². The molecule has 0 fully saturated rings. The maximum absolute atomic E-state index is 8.94. The molecule has 2 nitrogen and oxygen atoms in total. The van der Waals surface area contributed by atoms with E-state index in [9.17, 15) is 0 Å². The van der Waals surface area contributed by atoms with Crippen molar-refractivity contribution in [1.29, 1.82) is 0 Å². The highest BCUT2D eigenvalue weighted by molar-refractivity contribution is 5.21. The molecule has 0 unspecified atom stereocenters. The molecular formula is C14H23NO. The first-order valence-corrected chi connectivity index (χ1v) is 6.13. The Morgan fingerprint density at radius 2 is 1.69 bits per heavy atom. The van der Waals surface area contributed by atoms with E-state index in [1.54, 1.807) is 0 Å². The third kappa shape index (κ3) is 4.77. The molecule has 0 aliphatic heterocycles. The van der Waals surface area contributed by atoms with E-state index in [-0.39, 0.29) is 6.61 Å². The summed E-state index contributed by atoms with van der Waals surface area (Å²) < 4.78 is 0. The lowest BCUT2D eigenvalue weighted by Crippen LogP contribution is -2.18. The van der Waals surface area contributed by atoms with Gasteiger partial charge in [-0.05, 0) is 31.1 Å². The number of hydrogen-bond donors (Lipinski definition) is 1. The van der Waals surface area contributed by atoms with Crippen molar-refractivity contribution < 1.29 is 5.11 Å². The normalized spacial score (nSPS) is 11.0. The van der Waals surface area contributed by atoms with Gasteiger partial charge in [-0.1, -0.05) is 44.0 Å². The number of aliphatic hydroxyl groups is 1. The summed E-state index contributed by atoms with van der Waals surface area (Å²) in [5, 5.41) is 8.94. The lowest BCUT2D eigenvalue weighted by molar-refractivity contribution is 0.281. The second-order valence-corrected chi connectivity index (χ2v) is 4.42. The Balaban J connectivity index is 2.34. The highest BCUT2D eigenvalue weighted by Crippen LogP contribution is 2.07. The lowest BCUT2D eigenvalue weighted by Gasteiger charge is -2.16. The molecule has 1 aromatic rings. The van der Waals surface area contributed by atoms with Crippen LogP contribution < -0.4 is 0 Å². The molecule has 1 aromatic carbocycles. The zero-order valence-corrected chi connectivity index (χ0v) is 10.4. The van der Waals surface area contributed by atoms with E-state index in [0.717, 1.165) is 18.7 Å². The monoisotopic (exact) mass is 221 g/mol. The number of hydrogen-bond acceptors (Lipinski definition) is 2. The average molecular weight is 221 g/mol. The fourth-order valence-corrected chi connectivity index (χ4v) is 1.77. The van der Waals surface area contributed by atoms with E-state index in [1.807, 2.05) is 12.1 Å². The second kappa shape index (κ2) is 7.42. The first-order chi connectivity index (χ1) is 7.76. The minimum absolute atomic E-state index is 0.132. The number of benzene rings is 1. The molecule has 0 aliphatic carbocycles. The lowest BCUT2D eigenvalue weighted by atomic mass is 10.1. The summed E-state index contributed by atoms with van der Waals surface area (Å²) >= 11 is 0. The van der Waals surface area contributed by atoms with Crippen LogP contribution in [-0.4, -0.2) is 23.6 Å². The molecule has 0 aliphatic rings. The van der Waals surface area contributed by atoms with Crippen LogP contribution in [0.4, 0.5) is 0 Å². The van der Waals surface area contributed by atoms with E-state index < -0.39 is 0 Å². The number of nitrogens with zero attached hydrogens (tertiary/aromatic N) is 1.